The molecule has 0 aliphatic carbocycles. The molecule has 1 saturated heterocycles. The number of rotatable bonds is 5. The summed E-state index contributed by atoms with van der Waals surface area (Å²) in [7, 11) is 0. The Morgan fingerprint density at radius 1 is 1.24 bits per heavy atom. The van der Waals surface area contributed by atoms with E-state index >= 15 is 0 Å². The minimum Gasteiger partial charge on any atom is -0.407 e. The Labute approximate surface area is 171 Å². The molecular formula is C21H19N3O4S. The smallest absolute Gasteiger partial charge is 0.407 e. The molecule has 0 spiro atoms. The number of thiazole rings is 1. The highest BCUT2D eigenvalue weighted by Gasteiger charge is 2.49. The van der Waals surface area contributed by atoms with E-state index in [2.05, 4.69) is 10.3 Å². The van der Waals surface area contributed by atoms with E-state index in [1.165, 1.54) is 16.2 Å². The van der Waals surface area contributed by atoms with Gasteiger partial charge in [0, 0.05) is 42.3 Å². The molecule has 2 heterocycles. The third-order valence-corrected chi connectivity index (χ3v) is 5.45. The summed E-state index contributed by atoms with van der Waals surface area (Å²) in [6.07, 6.45) is 0.893. The Morgan fingerprint density at radius 3 is 2.83 bits per heavy atom. The fourth-order valence-electron chi connectivity index (χ4n) is 3.18. The molecule has 8 heteroatoms. The average Bonchev–Trinajstić information content (AvgIpc) is 3.37. The normalized spacial score (nSPS) is 18.7. The van der Waals surface area contributed by atoms with E-state index in [9.17, 15) is 14.7 Å². The number of para-hydroxylation sites is 1. The van der Waals surface area contributed by atoms with Gasteiger partial charge in [0.15, 0.2) is 0 Å². The average molecular weight is 409 g/mol. The van der Waals surface area contributed by atoms with Crippen molar-refractivity contribution in [1.82, 2.24) is 10.3 Å². The maximum absolute atomic E-state index is 12.6. The zero-order valence-corrected chi connectivity index (χ0v) is 16.3. The van der Waals surface area contributed by atoms with Crippen LogP contribution < -0.4 is 10.2 Å². The van der Waals surface area contributed by atoms with Crippen LogP contribution in [0.5, 0.6) is 0 Å². The third kappa shape index (κ3) is 4.13. The Kier molecular flexibility index (Phi) is 5.28. The van der Waals surface area contributed by atoms with Gasteiger partial charge in [-0.2, -0.15) is 0 Å². The number of hydrogen-bond acceptors (Lipinski definition) is 6. The highest BCUT2D eigenvalue weighted by Crippen LogP contribution is 2.29. The Hall–Kier alpha value is -3.23. The molecule has 29 heavy (non-hydrogen) atoms. The first-order valence-corrected chi connectivity index (χ1v) is 9.98. The number of ether oxygens (including phenoxy) is 1. The van der Waals surface area contributed by atoms with Crippen LogP contribution in [0.1, 0.15) is 12.0 Å². The first-order chi connectivity index (χ1) is 14.0. The number of hydrogen-bond donors (Lipinski definition) is 2. The molecule has 7 nitrogen and oxygen atoms in total. The van der Waals surface area contributed by atoms with Crippen LogP contribution in [0.25, 0.3) is 10.6 Å². The molecule has 1 fully saturated rings. The summed E-state index contributed by atoms with van der Waals surface area (Å²) in [4.78, 5) is 30.5. The van der Waals surface area contributed by atoms with Crippen molar-refractivity contribution in [3.63, 3.8) is 0 Å². The lowest BCUT2D eigenvalue weighted by Gasteiger charge is -2.22. The fraction of sp³-hybridized carbons (Fsp3) is 0.190. The number of aliphatic hydroxyl groups is 1. The van der Waals surface area contributed by atoms with E-state index < -0.39 is 17.8 Å². The molecule has 0 bridgehead atoms. The summed E-state index contributed by atoms with van der Waals surface area (Å²) < 4.78 is 5.09. The van der Waals surface area contributed by atoms with Crippen LogP contribution >= 0.6 is 11.3 Å². The third-order valence-electron chi connectivity index (χ3n) is 4.63. The van der Waals surface area contributed by atoms with Crippen molar-refractivity contribution >= 4 is 29.0 Å². The lowest BCUT2D eigenvalue weighted by Crippen LogP contribution is -2.46. The highest BCUT2D eigenvalue weighted by molar-refractivity contribution is 7.13. The molecule has 1 aliphatic rings. The van der Waals surface area contributed by atoms with Crippen molar-refractivity contribution < 1.29 is 19.4 Å². The van der Waals surface area contributed by atoms with Crippen molar-refractivity contribution in [2.75, 3.05) is 11.4 Å². The summed E-state index contributed by atoms with van der Waals surface area (Å²) >= 11 is 1.53. The van der Waals surface area contributed by atoms with Crippen LogP contribution in [0, 0.1) is 0 Å². The SMILES string of the molecule is O=C(NCc1cccc(-c2nccs2)c1)O[C@@]1(O)CCN(c2ccccc2)C1=O. The highest BCUT2D eigenvalue weighted by atomic mass is 32.1. The number of amides is 2. The van der Waals surface area contributed by atoms with Crippen molar-refractivity contribution in [2.45, 2.75) is 18.8 Å². The summed E-state index contributed by atoms with van der Waals surface area (Å²) in [6.45, 7) is 0.465. The number of aromatic nitrogens is 1. The molecule has 1 aliphatic heterocycles. The van der Waals surface area contributed by atoms with Gasteiger partial charge in [-0.05, 0) is 23.8 Å². The monoisotopic (exact) mass is 409 g/mol. The first-order valence-electron chi connectivity index (χ1n) is 9.10. The van der Waals surface area contributed by atoms with E-state index in [1.807, 2.05) is 35.7 Å². The second-order valence-electron chi connectivity index (χ2n) is 6.61. The van der Waals surface area contributed by atoms with E-state index in [-0.39, 0.29) is 19.5 Å². The van der Waals surface area contributed by atoms with Crippen molar-refractivity contribution in [2.24, 2.45) is 0 Å². The van der Waals surface area contributed by atoms with Gasteiger partial charge in [0.1, 0.15) is 5.01 Å². The van der Waals surface area contributed by atoms with E-state index in [1.54, 1.807) is 30.5 Å². The minimum absolute atomic E-state index is 0.00762. The maximum Gasteiger partial charge on any atom is 0.410 e. The number of alkyl carbamates (subject to hydrolysis) is 1. The largest absolute Gasteiger partial charge is 0.410 e. The topological polar surface area (TPSA) is 91.8 Å². The molecule has 0 unspecified atom stereocenters. The number of anilines is 1. The first kappa shape index (κ1) is 19.1. The lowest BCUT2D eigenvalue weighted by atomic mass is 10.1. The van der Waals surface area contributed by atoms with Gasteiger partial charge in [0.05, 0.1) is 0 Å². The number of carbonyl (C=O) groups is 2. The van der Waals surface area contributed by atoms with Crippen molar-refractivity contribution in [3.05, 3.63) is 71.7 Å². The van der Waals surface area contributed by atoms with Crippen LogP contribution in [-0.2, 0) is 16.1 Å². The van der Waals surface area contributed by atoms with E-state index in [0.29, 0.717) is 5.69 Å². The predicted molar refractivity (Wildman–Crippen MR) is 109 cm³/mol. The number of nitrogens with one attached hydrogen (secondary N) is 1. The van der Waals surface area contributed by atoms with Gasteiger partial charge in [0.25, 0.3) is 11.7 Å². The van der Waals surface area contributed by atoms with Gasteiger partial charge in [0.2, 0.25) is 0 Å². The van der Waals surface area contributed by atoms with Crippen LogP contribution in [0.4, 0.5) is 10.5 Å². The minimum atomic E-state index is -2.16. The zero-order valence-electron chi connectivity index (χ0n) is 15.4. The second-order valence-corrected chi connectivity index (χ2v) is 7.50. The molecule has 2 amide bonds. The molecule has 1 aromatic heterocycles. The van der Waals surface area contributed by atoms with Crippen LogP contribution in [0.3, 0.4) is 0 Å². The molecule has 148 valence electrons. The molecule has 3 aromatic rings. The van der Waals surface area contributed by atoms with E-state index in [0.717, 1.165) is 16.1 Å². The molecule has 1 atom stereocenters. The molecule has 4 rings (SSSR count). The van der Waals surface area contributed by atoms with Crippen LogP contribution in [0.2, 0.25) is 0 Å². The summed E-state index contributed by atoms with van der Waals surface area (Å²) in [5.41, 5.74) is 2.46. The second kappa shape index (κ2) is 8.02. The quantitative estimate of drug-likeness (QED) is 0.632. The van der Waals surface area contributed by atoms with Gasteiger partial charge in [-0.1, -0.05) is 36.4 Å². The van der Waals surface area contributed by atoms with Gasteiger partial charge in [-0.25, -0.2) is 9.78 Å². The molecule has 2 aromatic carbocycles. The van der Waals surface area contributed by atoms with Gasteiger partial charge in [-0.15, -0.1) is 11.3 Å². The standard InChI is InChI=1S/C21H19N3O4S/c25-19-21(27,9-11-24(19)17-7-2-1-3-8-17)28-20(26)23-14-15-5-4-6-16(13-15)18-22-10-12-29-18/h1-8,10,12-13,27H,9,11,14H2,(H,23,26)/t21-/m0/s1. The summed E-state index contributed by atoms with van der Waals surface area (Å²) in [5.74, 6) is -2.81. The zero-order chi connectivity index (χ0) is 20.3. The van der Waals surface area contributed by atoms with Gasteiger partial charge < -0.3 is 20.1 Å². The lowest BCUT2D eigenvalue weighted by molar-refractivity contribution is -0.175. The number of benzene rings is 2. The Bertz CT molecular complexity index is 1010. The molecular weight excluding hydrogens is 390 g/mol. The summed E-state index contributed by atoms with van der Waals surface area (Å²) in [5, 5.41) is 15.9. The van der Waals surface area contributed by atoms with Crippen molar-refractivity contribution in [3.8, 4) is 10.6 Å². The molecule has 2 N–H and O–H groups in total. The van der Waals surface area contributed by atoms with Crippen LogP contribution in [-0.4, -0.2) is 34.4 Å². The van der Waals surface area contributed by atoms with Crippen LogP contribution in [0.15, 0.2) is 66.2 Å². The molecule has 0 radical (unpaired) electrons. The maximum atomic E-state index is 12.6. The molecule has 0 saturated carbocycles. The van der Waals surface area contributed by atoms with Gasteiger partial charge in [-0.3, -0.25) is 4.79 Å². The number of nitrogens with zero attached hydrogens (tertiary/aromatic N) is 2. The Morgan fingerprint density at radius 2 is 2.07 bits per heavy atom. The number of carbonyl (C=O) groups excluding carboxylic acids is 2. The van der Waals surface area contributed by atoms with Gasteiger partial charge >= 0.3 is 6.09 Å². The van der Waals surface area contributed by atoms with Crippen molar-refractivity contribution in [1.29, 1.82) is 0 Å². The Balaban J connectivity index is 1.36. The fourth-order valence-corrected chi connectivity index (χ4v) is 3.81. The summed E-state index contributed by atoms with van der Waals surface area (Å²) in [6, 6.07) is 16.6. The predicted octanol–water partition coefficient (Wildman–Crippen LogP) is 3.16. The van der Waals surface area contributed by atoms with E-state index in [4.69, 9.17) is 4.74 Å².